The fourth-order valence-corrected chi connectivity index (χ4v) is 4.64. The summed E-state index contributed by atoms with van der Waals surface area (Å²) in [6.45, 7) is 10.3. The molecule has 0 aliphatic rings. The standard InChI is InChI=1S/C24H30N4O4SSi/c1-24(2,3)34(4,5)32-14-19(27-23(30)31)21(29)28-22-26-20(15-33-22)18-8-6-7-17(13-18)16-9-11-25-12-10-16/h6-13,15,19,27H,14H2,1-5H3,(H,30,31)(H,26,28,29). The number of benzene rings is 1. The van der Waals surface area contributed by atoms with E-state index in [4.69, 9.17) is 4.43 Å². The molecule has 3 N–H and O–H groups in total. The lowest BCUT2D eigenvalue weighted by Crippen LogP contribution is -2.50. The van der Waals surface area contributed by atoms with Gasteiger partial charge in [0.2, 0.25) is 0 Å². The number of hydrogen-bond acceptors (Lipinski definition) is 6. The number of rotatable bonds is 8. The Kier molecular flexibility index (Phi) is 7.85. The Hall–Kier alpha value is -3.08. The van der Waals surface area contributed by atoms with E-state index >= 15 is 0 Å². The molecule has 2 heterocycles. The number of pyridine rings is 1. The van der Waals surface area contributed by atoms with Gasteiger partial charge < -0.3 is 20.2 Å². The van der Waals surface area contributed by atoms with E-state index in [2.05, 4.69) is 54.5 Å². The van der Waals surface area contributed by atoms with Crippen molar-refractivity contribution in [2.24, 2.45) is 0 Å². The van der Waals surface area contributed by atoms with Crippen LogP contribution in [-0.2, 0) is 9.22 Å². The molecule has 180 valence electrons. The zero-order valence-corrected chi connectivity index (χ0v) is 21.8. The molecule has 0 spiro atoms. The summed E-state index contributed by atoms with van der Waals surface area (Å²) in [6.07, 6.45) is 2.20. The lowest BCUT2D eigenvalue weighted by molar-refractivity contribution is -0.118. The monoisotopic (exact) mass is 498 g/mol. The number of amides is 2. The second-order valence-electron chi connectivity index (χ2n) is 9.42. The number of thiazole rings is 1. The smallest absolute Gasteiger partial charge is 0.405 e. The molecule has 2 aromatic heterocycles. The highest BCUT2D eigenvalue weighted by Gasteiger charge is 2.38. The molecule has 0 radical (unpaired) electrons. The molecule has 0 aliphatic heterocycles. The van der Waals surface area contributed by atoms with Crippen LogP contribution < -0.4 is 10.6 Å². The third-order valence-electron chi connectivity index (χ3n) is 5.94. The normalized spacial score (nSPS) is 12.7. The Morgan fingerprint density at radius 1 is 1.12 bits per heavy atom. The van der Waals surface area contributed by atoms with Gasteiger partial charge in [-0.25, -0.2) is 9.78 Å². The van der Waals surface area contributed by atoms with Gasteiger partial charge >= 0.3 is 6.09 Å². The van der Waals surface area contributed by atoms with Gasteiger partial charge in [0.1, 0.15) is 6.04 Å². The van der Waals surface area contributed by atoms with E-state index in [9.17, 15) is 14.7 Å². The number of aromatic nitrogens is 2. The number of carbonyl (C=O) groups excluding carboxylic acids is 1. The quantitative estimate of drug-likeness (QED) is 0.355. The Morgan fingerprint density at radius 2 is 1.79 bits per heavy atom. The van der Waals surface area contributed by atoms with Crippen molar-refractivity contribution in [2.75, 3.05) is 11.9 Å². The number of anilines is 1. The summed E-state index contributed by atoms with van der Waals surface area (Å²) in [5, 5.41) is 16.4. The van der Waals surface area contributed by atoms with Crippen LogP contribution in [0.15, 0.2) is 54.2 Å². The molecule has 2 amide bonds. The highest BCUT2D eigenvalue weighted by molar-refractivity contribution is 7.14. The van der Waals surface area contributed by atoms with E-state index in [1.54, 1.807) is 12.4 Å². The zero-order chi connectivity index (χ0) is 24.9. The van der Waals surface area contributed by atoms with Crippen LogP contribution in [-0.4, -0.2) is 48.0 Å². The third kappa shape index (κ3) is 6.49. The summed E-state index contributed by atoms with van der Waals surface area (Å²) in [4.78, 5) is 32.7. The lowest BCUT2D eigenvalue weighted by Gasteiger charge is -2.37. The van der Waals surface area contributed by atoms with E-state index < -0.39 is 26.4 Å². The van der Waals surface area contributed by atoms with Gasteiger partial charge in [-0.05, 0) is 47.5 Å². The second kappa shape index (κ2) is 10.5. The van der Waals surface area contributed by atoms with Crippen LogP contribution in [0.4, 0.5) is 9.93 Å². The average Bonchev–Trinajstić information content (AvgIpc) is 3.25. The largest absolute Gasteiger partial charge is 0.465 e. The summed E-state index contributed by atoms with van der Waals surface area (Å²) >= 11 is 1.28. The lowest BCUT2D eigenvalue weighted by atomic mass is 10.0. The van der Waals surface area contributed by atoms with Gasteiger partial charge in [0.15, 0.2) is 13.4 Å². The van der Waals surface area contributed by atoms with Crippen molar-refractivity contribution in [3.63, 3.8) is 0 Å². The number of carboxylic acid groups (broad SMARTS) is 1. The minimum Gasteiger partial charge on any atom is -0.465 e. The molecule has 0 saturated heterocycles. The third-order valence-corrected chi connectivity index (χ3v) is 11.2. The van der Waals surface area contributed by atoms with Crippen LogP contribution in [0, 0.1) is 0 Å². The Morgan fingerprint density at radius 3 is 2.44 bits per heavy atom. The molecule has 10 heteroatoms. The predicted molar refractivity (Wildman–Crippen MR) is 138 cm³/mol. The van der Waals surface area contributed by atoms with E-state index in [1.807, 2.05) is 41.8 Å². The summed E-state index contributed by atoms with van der Waals surface area (Å²) < 4.78 is 6.08. The van der Waals surface area contributed by atoms with Gasteiger partial charge in [-0.1, -0.05) is 39.0 Å². The van der Waals surface area contributed by atoms with Gasteiger partial charge in [0.05, 0.1) is 12.3 Å². The maximum absolute atomic E-state index is 12.9. The molecule has 0 fully saturated rings. The molecule has 0 aliphatic carbocycles. The fourth-order valence-electron chi connectivity index (χ4n) is 2.90. The molecule has 1 unspecified atom stereocenters. The van der Waals surface area contributed by atoms with Crippen molar-refractivity contribution in [3.05, 3.63) is 54.2 Å². The average molecular weight is 499 g/mol. The van der Waals surface area contributed by atoms with E-state index in [0.717, 1.165) is 22.4 Å². The van der Waals surface area contributed by atoms with Crippen molar-refractivity contribution in [2.45, 2.75) is 44.9 Å². The predicted octanol–water partition coefficient (Wildman–Crippen LogP) is 5.47. The van der Waals surface area contributed by atoms with Crippen LogP contribution >= 0.6 is 11.3 Å². The van der Waals surface area contributed by atoms with Crippen LogP contribution in [0.3, 0.4) is 0 Å². The van der Waals surface area contributed by atoms with Crippen molar-refractivity contribution in [1.82, 2.24) is 15.3 Å². The summed E-state index contributed by atoms with van der Waals surface area (Å²) in [6, 6.07) is 10.8. The Bertz CT molecular complexity index is 1150. The number of nitrogens with one attached hydrogen (secondary N) is 2. The number of hydrogen-bond donors (Lipinski definition) is 3. The van der Waals surface area contributed by atoms with Gasteiger partial charge in [0, 0.05) is 23.3 Å². The molecule has 3 rings (SSSR count). The molecule has 8 nitrogen and oxygen atoms in total. The van der Waals surface area contributed by atoms with Crippen LogP contribution in [0.5, 0.6) is 0 Å². The molecule has 1 atom stereocenters. The van der Waals surface area contributed by atoms with E-state index in [-0.39, 0.29) is 11.6 Å². The van der Waals surface area contributed by atoms with Crippen molar-refractivity contribution in [1.29, 1.82) is 0 Å². The Balaban J connectivity index is 1.72. The fraction of sp³-hybridized carbons (Fsp3) is 0.333. The first-order valence-corrected chi connectivity index (χ1v) is 14.7. The second-order valence-corrected chi connectivity index (χ2v) is 15.1. The van der Waals surface area contributed by atoms with Crippen molar-refractivity contribution >= 4 is 36.8 Å². The van der Waals surface area contributed by atoms with Gasteiger partial charge in [-0.2, -0.15) is 0 Å². The van der Waals surface area contributed by atoms with Crippen LogP contribution in [0.2, 0.25) is 18.1 Å². The van der Waals surface area contributed by atoms with Crippen molar-refractivity contribution in [3.8, 4) is 22.4 Å². The number of carbonyl (C=O) groups is 2. The first-order chi connectivity index (χ1) is 16.0. The summed E-state index contributed by atoms with van der Waals surface area (Å²) in [5.41, 5.74) is 3.71. The minimum atomic E-state index is -2.16. The molecular formula is C24H30N4O4SSi. The first-order valence-electron chi connectivity index (χ1n) is 10.9. The zero-order valence-electron chi connectivity index (χ0n) is 20.0. The topological polar surface area (TPSA) is 113 Å². The minimum absolute atomic E-state index is 0.0408. The number of nitrogens with zero attached hydrogens (tertiary/aromatic N) is 2. The molecule has 34 heavy (non-hydrogen) atoms. The molecule has 0 saturated carbocycles. The molecular weight excluding hydrogens is 468 g/mol. The summed E-state index contributed by atoms with van der Waals surface area (Å²) in [5.74, 6) is -0.507. The molecule has 0 bridgehead atoms. The van der Waals surface area contributed by atoms with Crippen molar-refractivity contribution < 1.29 is 19.1 Å². The van der Waals surface area contributed by atoms with E-state index in [1.165, 1.54) is 11.3 Å². The molecule has 1 aromatic carbocycles. The van der Waals surface area contributed by atoms with E-state index in [0.29, 0.717) is 5.13 Å². The highest BCUT2D eigenvalue weighted by atomic mass is 32.1. The van der Waals surface area contributed by atoms with Gasteiger partial charge in [-0.3, -0.25) is 9.78 Å². The van der Waals surface area contributed by atoms with Gasteiger partial charge in [-0.15, -0.1) is 11.3 Å². The summed E-state index contributed by atoms with van der Waals surface area (Å²) in [7, 11) is -2.16. The Labute approximate surface area is 204 Å². The molecule has 3 aromatic rings. The first kappa shape index (κ1) is 25.5. The maximum atomic E-state index is 12.9. The van der Waals surface area contributed by atoms with Gasteiger partial charge in [0.25, 0.3) is 5.91 Å². The SMILES string of the molecule is CC(C)(C)[Si](C)(C)OCC(NC(=O)O)C(=O)Nc1nc(-c2cccc(-c3ccncc3)c2)cs1. The maximum Gasteiger partial charge on any atom is 0.405 e. The highest BCUT2D eigenvalue weighted by Crippen LogP contribution is 2.36. The van der Waals surface area contributed by atoms with Crippen LogP contribution in [0.1, 0.15) is 20.8 Å². The van der Waals surface area contributed by atoms with Crippen LogP contribution in [0.25, 0.3) is 22.4 Å².